The van der Waals surface area contributed by atoms with Gasteiger partial charge in [-0.25, -0.2) is 0 Å². The third kappa shape index (κ3) is 5.35. The molecule has 0 radical (unpaired) electrons. The van der Waals surface area contributed by atoms with Crippen molar-refractivity contribution in [2.75, 3.05) is 72.2 Å². The van der Waals surface area contributed by atoms with E-state index in [-0.39, 0.29) is 0 Å². The molecule has 0 bridgehead atoms. The van der Waals surface area contributed by atoms with Gasteiger partial charge in [0, 0.05) is 58.8 Å². The molecule has 3 heterocycles. The van der Waals surface area contributed by atoms with Gasteiger partial charge in [0.1, 0.15) is 5.75 Å². The molecule has 0 spiro atoms. The predicted molar refractivity (Wildman–Crippen MR) is 115 cm³/mol. The number of rotatable bonds is 6. The first kappa shape index (κ1) is 19.9. The number of piperazine rings is 1. The molecule has 3 aliphatic heterocycles. The van der Waals surface area contributed by atoms with Crippen LogP contribution in [0.1, 0.15) is 17.5 Å². The maximum absolute atomic E-state index is 5.62. The van der Waals surface area contributed by atoms with Gasteiger partial charge in [0.05, 0.1) is 19.8 Å². The summed E-state index contributed by atoms with van der Waals surface area (Å²) in [6.45, 7) is 11.9. The van der Waals surface area contributed by atoms with Crippen molar-refractivity contribution in [3.63, 3.8) is 0 Å². The fourth-order valence-electron chi connectivity index (χ4n) is 4.14. The Morgan fingerprint density at radius 3 is 2.64 bits per heavy atom. The van der Waals surface area contributed by atoms with Crippen molar-refractivity contribution in [3.05, 3.63) is 29.3 Å². The number of nitrogens with zero attached hydrogens (tertiary/aromatic N) is 3. The van der Waals surface area contributed by atoms with E-state index in [1.807, 2.05) is 0 Å². The third-order valence-electron chi connectivity index (χ3n) is 5.85. The van der Waals surface area contributed by atoms with Gasteiger partial charge >= 0.3 is 0 Å². The number of benzene rings is 1. The summed E-state index contributed by atoms with van der Waals surface area (Å²) in [5.41, 5.74) is 2.75. The van der Waals surface area contributed by atoms with Gasteiger partial charge < -0.3 is 19.7 Å². The second-order valence-corrected chi connectivity index (χ2v) is 8.23. The van der Waals surface area contributed by atoms with E-state index in [2.05, 4.69) is 38.2 Å². The summed E-state index contributed by atoms with van der Waals surface area (Å²) in [6.07, 6.45) is 2.17. The molecule has 1 aromatic rings. The van der Waals surface area contributed by atoms with Crippen LogP contribution in [0.15, 0.2) is 18.2 Å². The molecular weight excluding hydrogens is 372 g/mol. The standard InChI is InChI=1S/C21H32N4O2S/c28-21(22-5-1-6-23-11-14-26-15-12-23)25-9-7-24(8-10-25)17-18-2-3-20-19(16-18)4-13-27-20/h2-3,16H,1,4-15,17H2,(H,22,28). The molecule has 1 aromatic carbocycles. The van der Waals surface area contributed by atoms with Crippen LogP contribution < -0.4 is 10.1 Å². The van der Waals surface area contributed by atoms with Gasteiger partial charge in [0.25, 0.3) is 0 Å². The summed E-state index contributed by atoms with van der Waals surface area (Å²) in [6, 6.07) is 6.65. The largest absolute Gasteiger partial charge is 0.493 e. The van der Waals surface area contributed by atoms with Crippen molar-refractivity contribution >= 4 is 17.3 Å². The number of fused-ring (bicyclic) bond motifs is 1. The lowest BCUT2D eigenvalue weighted by Gasteiger charge is -2.36. The van der Waals surface area contributed by atoms with E-state index in [1.165, 1.54) is 11.1 Å². The van der Waals surface area contributed by atoms with E-state index in [4.69, 9.17) is 21.7 Å². The number of nitrogens with one attached hydrogen (secondary N) is 1. The summed E-state index contributed by atoms with van der Waals surface area (Å²) in [7, 11) is 0. The molecule has 1 N–H and O–H groups in total. The lowest BCUT2D eigenvalue weighted by Crippen LogP contribution is -2.51. The summed E-state index contributed by atoms with van der Waals surface area (Å²) in [5, 5.41) is 4.37. The van der Waals surface area contributed by atoms with Crippen molar-refractivity contribution < 1.29 is 9.47 Å². The Hall–Kier alpha value is -1.41. The molecule has 2 fully saturated rings. The van der Waals surface area contributed by atoms with Crippen molar-refractivity contribution in [2.24, 2.45) is 0 Å². The molecule has 0 atom stereocenters. The fourth-order valence-corrected chi connectivity index (χ4v) is 4.42. The molecule has 0 amide bonds. The topological polar surface area (TPSA) is 40.2 Å². The molecule has 3 aliphatic rings. The SMILES string of the molecule is S=C(NCCCN1CCOCC1)N1CCN(Cc2ccc3c(c2)CCO3)CC1. The lowest BCUT2D eigenvalue weighted by molar-refractivity contribution is 0.0375. The van der Waals surface area contributed by atoms with Crippen LogP contribution >= 0.6 is 12.2 Å². The highest BCUT2D eigenvalue weighted by Crippen LogP contribution is 2.26. The quantitative estimate of drug-likeness (QED) is 0.567. The van der Waals surface area contributed by atoms with Crippen LogP contribution in [0.25, 0.3) is 0 Å². The van der Waals surface area contributed by atoms with Crippen LogP contribution in [0.3, 0.4) is 0 Å². The van der Waals surface area contributed by atoms with Gasteiger partial charge in [-0.3, -0.25) is 9.80 Å². The minimum absolute atomic E-state index is 0.828. The van der Waals surface area contributed by atoms with Crippen LogP contribution in [0.2, 0.25) is 0 Å². The third-order valence-corrected chi connectivity index (χ3v) is 6.25. The van der Waals surface area contributed by atoms with Crippen LogP contribution in [0.5, 0.6) is 5.75 Å². The van der Waals surface area contributed by atoms with Crippen molar-refractivity contribution in [3.8, 4) is 5.75 Å². The summed E-state index contributed by atoms with van der Waals surface area (Å²) < 4.78 is 11.0. The fraction of sp³-hybridized carbons (Fsp3) is 0.667. The lowest BCUT2D eigenvalue weighted by atomic mass is 10.1. The van der Waals surface area contributed by atoms with E-state index in [9.17, 15) is 0 Å². The van der Waals surface area contributed by atoms with Crippen molar-refractivity contribution in [1.29, 1.82) is 0 Å². The van der Waals surface area contributed by atoms with Crippen LogP contribution in [-0.4, -0.2) is 92.0 Å². The summed E-state index contributed by atoms with van der Waals surface area (Å²) in [5.74, 6) is 1.07. The highest BCUT2D eigenvalue weighted by atomic mass is 32.1. The summed E-state index contributed by atoms with van der Waals surface area (Å²) in [4.78, 5) is 7.31. The van der Waals surface area contributed by atoms with E-state index in [1.54, 1.807) is 0 Å². The highest BCUT2D eigenvalue weighted by Gasteiger charge is 2.20. The van der Waals surface area contributed by atoms with E-state index in [0.29, 0.717) is 0 Å². The van der Waals surface area contributed by atoms with Crippen molar-refractivity contribution in [2.45, 2.75) is 19.4 Å². The van der Waals surface area contributed by atoms with Gasteiger partial charge in [-0.2, -0.15) is 0 Å². The Morgan fingerprint density at radius 1 is 1.00 bits per heavy atom. The maximum atomic E-state index is 5.62. The second-order valence-electron chi connectivity index (χ2n) is 7.84. The minimum atomic E-state index is 0.828. The van der Waals surface area contributed by atoms with E-state index >= 15 is 0 Å². The van der Waals surface area contributed by atoms with E-state index in [0.717, 1.165) is 102 Å². The monoisotopic (exact) mass is 404 g/mol. The van der Waals surface area contributed by atoms with Crippen molar-refractivity contribution in [1.82, 2.24) is 20.0 Å². The van der Waals surface area contributed by atoms with Gasteiger partial charge in [-0.1, -0.05) is 12.1 Å². The molecule has 0 saturated carbocycles. The zero-order valence-electron chi connectivity index (χ0n) is 16.7. The molecule has 0 aliphatic carbocycles. The Balaban J connectivity index is 1.13. The first-order valence-corrected chi connectivity index (χ1v) is 11.0. The first-order chi connectivity index (χ1) is 13.8. The Kier molecular flexibility index (Phi) is 7.01. The molecule has 6 nitrogen and oxygen atoms in total. The normalized spacial score (nSPS) is 20.6. The molecule has 4 rings (SSSR count). The molecule has 7 heteroatoms. The smallest absolute Gasteiger partial charge is 0.169 e. The Labute approximate surface area is 173 Å². The minimum Gasteiger partial charge on any atom is -0.493 e. The maximum Gasteiger partial charge on any atom is 0.169 e. The average Bonchev–Trinajstić information content (AvgIpc) is 3.20. The number of hydrogen-bond acceptors (Lipinski definition) is 5. The first-order valence-electron chi connectivity index (χ1n) is 10.6. The van der Waals surface area contributed by atoms with Crippen LogP contribution in [0, 0.1) is 0 Å². The average molecular weight is 405 g/mol. The molecule has 2 saturated heterocycles. The summed E-state index contributed by atoms with van der Waals surface area (Å²) >= 11 is 5.62. The van der Waals surface area contributed by atoms with Gasteiger partial charge in [-0.05, 0) is 42.4 Å². The van der Waals surface area contributed by atoms with E-state index < -0.39 is 0 Å². The second kappa shape index (κ2) is 9.87. The van der Waals surface area contributed by atoms with Gasteiger partial charge in [0.15, 0.2) is 5.11 Å². The number of ether oxygens (including phenoxy) is 2. The number of hydrogen-bond donors (Lipinski definition) is 1. The zero-order valence-corrected chi connectivity index (χ0v) is 17.5. The number of thiocarbonyl (C=S) groups is 1. The molecular formula is C21H32N4O2S. The molecule has 0 unspecified atom stereocenters. The molecule has 28 heavy (non-hydrogen) atoms. The Morgan fingerprint density at radius 2 is 1.82 bits per heavy atom. The molecule has 0 aromatic heterocycles. The van der Waals surface area contributed by atoms with Crippen LogP contribution in [-0.2, 0) is 17.7 Å². The zero-order chi connectivity index (χ0) is 19.2. The highest BCUT2D eigenvalue weighted by molar-refractivity contribution is 7.80. The number of morpholine rings is 1. The van der Waals surface area contributed by atoms with Gasteiger partial charge in [0.2, 0.25) is 0 Å². The predicted octanol–water partition coefficient (Wildman–Crippen LogP) is 1.34. The van der Waals surface area contributed by atoms with Crippen LogP contribution in [0.4, 0.5) is 0 Å². The Bertz CT molecular complexity index is 658. The van der Waals surface area contributed by atoms with Gasteiger partial charge in [-0.15, -0.1) is 0 Å². The molecule has 154 valence electrons.